The lowest BCUT2D eigenvalue weighted by atomic mass is 10.0. The number of aromatic nitrogens is 2. The monoisotopic (exact) mass is 281 g/mol. The maximum atomic E-state index is 10.5. The fraction of sp³-hybridized carbons (Fsp3) is 0.692. The molecule has 0 spiro atoms. The third kappa shape index (κ3) is 2.58. The number of amidine groups is 1. The van der Waals surface area contributed by atoms with Gasteiger partial charge in [-0.3, -0.25) is 4.68 Å². The molecule has 7 heteroatoms. The van der Waals surface area contributed by atoms with Crippen LogP contribution in [0.25, 0.3) is 0 Å². The van der Waals surface area contributed by atoms with Gasteiger partial charge in [-0.1, -0.05) is 18.0 Å². The second kappa shape index (κ2) is 5.32. The van der Waals surface area contributed by atoms with E-state index in [9.17, 15) is 5.11 Å². The van der Waals surface area contributed by atoms with Crippen LogP contribution in [0.5, 0.6) is 0 Å². The van der Waals surface area contributed by atoms with Gasteiger partial charge in [0.05, 0.1) is 16.9 Å². The van der Waals surface area contributed by atoms with Gasteiger partial charge < -0.3 is 20.9 Å². The predicted molar refractivity (Wildman–Crippen MR) is 77.1 cm³/mol. The number of nitrogens with two attached hydrogens (primary N) is 1. The molecule has 1 heterocycles. The number of oxime groups is 1. The van der Waals surface area contributed by atoms with Crippen LogP contribution in [0.2, 0.25) is 0 Å². The van der Waals surface area contributed by atoms with E-state index in [1.54, 1.807) is 4.68 Å². The molecule has 1 aromatic heterocycles. The average molecular weight is 281 g/mol. The van der Waals surface area contributed by atoms with Crippen LogP contribution >= 0.6 is 0 Å². The quantitative estimate of drug-likeness (QED) is 0.324. The van der Waals surface area contributed by atoms with Gasteiger partial charge in [-0.15, -0.1) is 0 Å². The van der Waals surface area contributed by atoms with Crippen molar-refractivity contribution in [1.82, 2.24) is 9.78 Å². The molecule has 1 fully saturated rings. The second-order valence-electron chi connectivity index (χ2n) is 5.68. The smallest absolute Gasteiger partial charge is 0.175 e. The zero-order valence-corrected chi connectivity index (χ0v) is 12.3. The summed E-state index contributed by atoms with van der Waals surface area (Å²) in [6.45, 7) is 2.33. The molecule has 1 aliphatic carbocycles. The Kier molecular flexibility index (Phi) is 3.89. The summed E-state index contributed by atoms with van der Waals surface area (Å²) in [7, 11) is 3.70. The van der Waals surface area contributed by atoms with Crippen molar-refractivity contribution in [3.8, 4) is 0 Å². The molecule has 0 atom stereocenters. The minimum Gasteiger partial charge on any atom is -0.409 e. The molecular weight excluding hydrogens is 258 g/mol. The van der Waals surface area contributed by atoms with Crippen molar-refractivity contribution in [2.24, 2.45) is 17.9 Å². The number of aliphatic hydroxyl groups is 1. The van der Waals surface area contributed by atoms with Crippen LogP contribution in [0.1, 0.15) is 36.9 Å². The first-order chi connectivity index (χ1) is 9.38. The van der Waals surface area contributed by atoms with E-state index in [1.165, 1.54) is 0 Å². The van der Waals surface area contributed by atoms with Crippen LogP contribution in [0.3, 0.4) is 0 Å². The molecule has 0 aliphatic heterocycles. The highest BCUT2D eigenvalue weighted by atomic mass is 16.4. The fourth-order valence-electron chi connectivity index (χ4n) is 3.14. The first kappa shape index (κ1) is 14.6. The zero-order chi connectivity index (χ0) is 14.9. The van der Waals surface area contributed by atoms with E-state index in [0.29, 0.717) is 17.8 Å². The highest BCUT2D eigenvalue weighted by molar-refractivity contribution is 6.02. The van der Waals surface area contributed by atoms with Crippen molar-refractivity contribution in [3.05, 3.63) is 11.3 Å². The topological polar surface area (TPSA) is 99.9 Å². The summed E-state index contributed by atoms with van der Waals surface area (Å²) >= 11 is 0. The summed E-state index contributed by atoms with van der Waals surface area (Å²) < 4.78 is 1.70. The van der Waals surface area contributed by atoms with E-state index in [2.05, 4.69) is 10.3 Å². The lowest BCUT2D eigenvalue weighted by Gasteiger charge is -2.30. The van der Waals surface area contributed by atoms with Crippen molar-refractivity contribution >= 4 is 11.7 Å². The van der Waals surface area contributed by atoms with Crippen LogP contribution in [-0.2, 0) is 7.05 Å². The van der Waals surface area contributed by atoms with E-state index in [-0.39, 0.29) is 5.84 Å². The van der Waals surface area contributed by atoms with Gasteiger partial charge in [-0.2, -0.15) is 5.10 Å². The summed E-state index contributed by atoms with van der Waals surface area (Å²) in [5.74, 6) is 0.786. The number of anilines is 1. The van der Waals surface area contributed by atoms with Crippen molar-refractivity contribution in [3.63, 3.8) is 0 Å². The highest BCUT2D eigenvalue weighted by Gasteiger charge is 2.34. The molecule has 0 saturated heterocycles. The zero-order valence-electron chi connectivity index (χ0n) is 12.3. The molecule has 112 valence electrons. The van der Waals surface area contributed by atoms with Crippen molar-refractivity contribution < 1.29 is 10.3 Å². The fourth-order valence-corrected chi connectivity index (χ4v) is 3.14. The van der Waals surface area contributed by atoms with Gasteiger partial charge in [-0.05, 0) is 19.8 Å². The van der Waals surface area contributed by atoms with Crippen molar-refractivity contribution in [2.45, 2.75) is 38.2 Å². The van der Waals surface area contributed by atoms with Crippen LogP contribution in [0.15, 0.2) is 5.16 Å². The van der Waals surface area contributed by atoms with Gasteiger partial charge in [0.2, 0.25) is 0 Å². The van der Waals surface area contributed by atoms with Crippen molar-refractivity contribution in [1.29, 1.82) is 0 Å². The summed E-state index contributed by atoms with van der Waals surface area (Å²) in [5.41, 5.74) is 6.40. The number of hydrogen-bond donors (Lipinski definition) is 3. The largest absolute Gasteiger partial charge is 0.409 e. The lowest BCUT2D eigenvalue weighted by Crippen LogP contribution is -2.40. The Balaban J connectivity index is 2.32. The molecular formula is C13H23N5O2. The van der Waals surface area contributed by atoms with Gasteiger partial charge >= 0.3 is 0 Å². The Morgan fingerprint density at radius 1 is 1.50 bits per heavy atom. The molecule has 2 rings (SSSR count). The van der Waals surface area contributed by atoms with E-state index in [1.807, 2.05) is 25.9 Å². The molecule has 20 heavy (non-hydrogen) atoms. The normalized spacial score (nSPS) is 18.5. The van der Waals surface area contributed by atoms with Gasteiger partial charge in [0.15, 0.2) is 5.84 Å². The highest BCUT2D eigenvalue weighted by Crippen LogP contribution is 2.32. The maximum Gasteiger partial charge on any atom is 0.175 e. The van der Waals surface area contributed by atoms with Gasteiger partial charge in [-0.25, -0.2) is 0 Å². The van der Waals surface area contributed by atoms with Crippen LogP contribution in [-0.4, -0.2) is 45.1 Å². The molecule has 1 aromatic rings. The van der Waals surface area contributed by atoms with Crippen LogP contribution in [0, 0.1) is 6.92 Å². The maximum absolute atomic E-state index is 10.5. The number of nitrogens with zero attached hydrogens (tertiary/aromatic N) is 4. The Morgan fingerprint density at radius 3 is 2.65 bits per heavy atom. The first-order valence-electron chi connectivity index (χ1n) is 6.83. The molecule has 1 saturated carbocycles. The first-order valence-corrected chi connectivity index (χ1v) is 6.83. The van der Waals surface area contributed by atoms with E-state index in [0.717, 1.165) is 31.5 Å². The average Bonchev–Trinajstić information content (AvgIpc) is 2.92. The second-order valence-corrected chi connectivity index (χ2v) is 5.68. The van der Waals surface area contributed by atoms with Gasteiger partial charge in [0, 0.05) is 20.6 Å². The summed E-state index contributed by atoms with van der Waals surface area (Å²) in [6.07, 6.45) is 3.74. The predicted octanol–water partition coefficient (Wildman–Crippen LogP) is 0.564. The van der Waals surface area contributed by atoms with Crippen LogP contribution < -0.4 is 10.6 Å². The van der Waals surface area contributed by atoms with E-state index in [4.69, 9.17) is 10.9 Å². The SMILES string of the molecule is Cc1nn(C)c(N(C)CC2(O)CCCC2)c1C(N)=NO. The third-order valence-electron chi connectivity index (χ3n) is 3.98. The lowest BCUT2D eigenvalue weighted by molar-refractivity contribution is 0.0556. The summed E-state index contributed by atoms with van der Waals surface area (Å²) in [6, 6.07) is 0. The minimum absolute atomic E-state index is 0.0378. The van der Waals surface area contributed by atoms with Gasteiger partial charge in [0.25, 0.3) is 0 Å². The number of aryl methyl sites for hydroxylation is 2. The summed E-state index contributed by atoms with van der Waals surface area (Å²) in [5, 5.41) is 26.8. The van der Waals surface area contributed by atoms with E-state index >= 15 is 0 Å². The Hall–Kier alpha value is -1.76. The molecule has 0 radical (unpaired) electrons. The summed E-state index contributed by atoms with van der Waals surface area (Å²) in [4.78, 5) is 1.93. The number of rotatable bonds is 4. The van der Waals surface area contributed by atoms with E-state index < -0.39 is 5.60 Å². The van der Waals surface area contributed by atoms with Crippen molar-refractivity contribution in [2.75, 3.05) is 18.5 Å². The number of hydrogen-bond acceptors (Lipinski definition) is 5. The molecule has 7 nitrogen and oxygen atoms in total. The molecule has 0 unspecified atom stereocenters. The standard InChI is InChI=1S/C13H23N5O2/c1-9-10(11(14)16-20)12(18(3)15-9)17(2)8-13(19)6-4-5-7-13/h19-20H,4-8H2,1-3H3,(H2,14,16). The molecule has 0 bridgehead atoms. The minimum atomic E-state index is -0.657. The third-order valence-corrected chi connectivity index (χ3v) is 3.98. The Labute approximate surface area is 118 Å². The molecule has 0 aromatic carbocycles. The molecule has 1 aliphatic rings. The van der Waals surface area contributed by atoms with Gasteiger partial charge in [0.1, 0.15) is 5.82 Å². The Morgan fingerprint density at radius 2 is 2.10 bits per heavy atom. The molecule has 4 N–H and O–H groups in total. The number of likely N-dealkylation sites (N-methyl/N-ethyl adjacent to an activating group) is 1. The Bertz CT molecular complexity index is 517. The molecule has 0 amide bonds. The van der Waals surface area contributed by atoms with Crippen LogP contribution in [0.4, 0.5) is 5.82 Å².